The quantitative estimate of drug-likeness (QED) is 0.562. The third-order valence-corrected chi connectivity index (χ3v) is 2.72. The molecule has 0 atom stereocenters. The van der Waals surface area contributed by atoms with E-state index in [9.17, 15) is 0 Å². The number of methoxy groups -OCH3 is 1. The van der Waals surface area contributed by atoms with Gasteiger partial charge < -0.3 is 24.1 Å². The van der Waals surface area contributed by atoms with Crippen molar-refractivity contribution >= 4 is 0 Å². The van der Waals surface area contributed by atoms with Gasteiger partial charge in [-0.2, -0.15) is 0 Å². The molecule has 1 rings (SSSR count). The molecule has 122 valence electrons. The first kappa shape index (κ1) is 18.1. The minimum absolute atomic E-state index is 0.454. The summed E-state index contributed by atoms with van der Waals surface area (Å²) in [6, 6.07) is 1.93. The van der Waals surface area contributed by atoms with E-state index in [-0.39, 0.29) is 0 Å². The zero-order valence-electron chi connectivity index (χ0n) is 13.4. The summed E-state index contributed by atoms with van der Waals surface area (Å²) in [6.45, 7) is 9.10. The number of aromatic nitrogens is 1. The molecule has 0 radical (unpaired) electrons. The van der Waals surface area contributed by atoms with E-state index >= 15 is 0 Å². The number of nitrogens with one attached hydrogen (secondary N) is 1. The maximum Gasteiger partial charge on any atom is 0.162 e. The SMILES string of the molecule is COCCOCCCOCc1cc(CNCC(C)C)no1. The summed E-state index contributed by atoms with van der Waals surface area (Å²) in [5.41, 5.74) is 0.914. The van der Waals surface area contributed by atoms with Gasteiger partial charge in [0.25, 0.3) is 0 Å². The molecule has 1 aromatic rings. The second kappa shape index (κ2) is 11.7. The predicted octanol–water partition coefficient (Wildman–Crippen LogP) is 1.99. The fourth-order valence-corrected chi connectivity index (χ4v) is 1.68. The van der Waals surface area contributed by atoms with E-state index in [4.69, 9.17) is 18.7 Å². The molecule has 0 amide bonds. The molecule has 1 N–H and O–H groups in total. The van der Waals surface area contributed by atoms with Gasteiger partial charge in [0.2, 0.25) is 0 Å². The zero-order chi connectivity index (χ0) is 15.3. The van der Waals surface area contributed by atoms with E-state index in [1.54, 1.807) is 7.11 Å². The summed E-state index contributed by atoms with van der Waals surface area (Å²) < 4.78 is 21.0. The van der Waals surface area contributed by atoms with E-state index in [1.807, 2.05) is 6.07 Å². The number of hydrogen-bond acceptors (Lipinski definition) is 6. The van der Waals surface area contributed by atoms with Crippen LogP contribution in [0.15, 0.2) is 10.6 Å². The van der Waals surface area contributed by atoms with Gasteiger partial charge in [-0.15, -0.1) is 0 Å². The van der Waals surface area contributed by atoms with Crippen LogP contribution in [0.25, 0.3) is 0 Å². The lowest BCUT2D eigenvalue weighted by atomic mass is 10.2. The van der Waals surface area contributed by atoms with Gasteiger partial charge in [-0.3, -0.25) is 0 Å². The molecule has 0 spiro atoms. The molecule has 0 aromatic carbocycles. The normalized spacial score (nSPS) is 11.4. The highest BCUT2D eigenvalue weighted by molar-refractivity contribution is 5.04. The summed E-state index contributed by atoms with van der Waals surface area (Å²) in [4.78, 5) is 0. The van der Waals surface area contributed by atoms with Gasteiger partial charge in [-0.1, -0.05) is 19.0 Å². The van der Waals surface area contributed by atoms with Gasteiger partial charge in [-0.25, -0.2) is 0 Å². The van der Waals surface area contributed by atoms with Crippen molar-refractivity contribution in [3.8, 4) is 0 Å². The third kappa shape index (κ3) is 9.57. The van der Waals surface area contributed by atoms with Gasteiger partial charge in [0, 0.05) is 32.9 Å². The van der Waals surface area contributed by atoms with Crippen LogP contribution in [0.3, 0.4) is 0 Å². The van der Waals surface area contributed by atoms with Crippen molar-refractivity contribution in [2.75, 3.05) is 40.1 Å². The average molecular weight is 300 g/mol. The van der Waals surface area contributed by atoms with Crippen molar-refractivity contribution < 1.29 is 18.7 Å². The summed E-state index contributed by atoms with van der Waals surface area (Å²) >= 11 is 0. The van der Waals surface area contributed by atoms with E-state index in [0.29, 0.717) is 39.0 Å². The van der Waals surface area contributed by atoms with Crippen molar-refractivity contribution in [2.45, 2.75) is 33.4 Å². The molecule has 6 heteroatoms. The Bertz CT molecular complexity index is 355. The molecule has 0 saturated carbocycles. The second-order valence-corrected chi connectivity index (χ2v) is 5.32. The van der Waals surface area contributed by atoms with Gasteiger partial charge in [-0.05, 0) is 18.9 Å². The smallest absolute Gasteiger partial charge is 0.162 e. The first-order chi connectivity index (χ1) is 10.2. The molecule has 1 aromatic heterocycles. The number of hydrogen-bond donors (Lipinski definition) is 1. The molecule has 21 heavy (non-hydrogen) atoms. The van der Waals surface area contributed by atoms with Crippen molar-refractivity contribution in [3.05, 3.63) is 17.5 Å². The number of nitrogens with zero attached hydrogens (tertiary/aromatic N) is 1. The highest BCUT2D eigenvalue weighted by Gasteiger charge is 2.04. The first-order valence-corrected chi connectivity index (χ1v) is 7.52. The zero-order valence-corrected chi connectivity index (χ0v) is 13.4. The van der Waals surface area contributed by atoms with Gasteiger partial charge >= 0.3 is 0 Å². The predicted molar refractivity (Wildman–Crippen MR) is 80.0 cm³/mol. The van der Waals surface area contributed by atoms with Crippen LogP contribution < -0.4 is 5.32 Å². The fourth-order valence-electron chi connectivity index (χ4n) is 1.68. The maximum atomic E-state index is 5.52. The summed E-state index contributed by atoms with van der Waals surface area (Å²) in [5.74, 6) is 1.39. The van der Waals surface area contributed by atoms with Crippen molar-refractivity contribution in [3.63, 3.8) is 0 Å². The standard InChI is InChI=1S/C15H28N2O4/c1-13(2)10-16-11-14-9-15(21-17-14)12-20-6-4-5-19-8-7-18-3/h9,13,16H,4-8,10-12H2,1-3H3. The highest BCUT2D eigenvalue weighted by atomic mass is 16.5. The Morgan fingerprint density at radius 2 is 2.00 bits per heavy atom. The van der Waals surface area contributed by atoms with Gasteiger partial charge in [0.15, 0.2) is 5.76 Å². The summed E-state index contributed by atoms with van der Waals surface area (Å²) in [5, 5.41) is 7.33. The maximum absolute atomic E-state index is 5.52. The lowest BCUT2D eigenvalue weighted by molar-refractivity contribution is 0.0443. The van der Waals surface area contributed by atoms with Crippen LogP contribution in [0, 0.1) is 5.92 Å². The van der Waals surface area contributed by atoms with E-state index in [1.165, 1.54) is 0 Å². The first-order valence-electron chi connectivity index (χ1n) is 7.52. The minimum Gasteiger partial charge on any atom is -0.382 e. The molecule has 0 unspecified atom stereocenters. The van der Waals surface area contributed by atoms with Crippen molar-refractivity contribution in [2.24, 2.45) is 5.92 Å². The van der Waals surface area contributed by atoms with Crippen LogP contribution >= 0.6 is 0 Å². The molecule has 0 saturated heterocycles. The fraction of sp³-hybridized carbons (Fsp3) is 0.800. The Morgan fingerprint density at radius 1 is 1.19 bits per heavy atom. The van der Waals surface area contributed by atoms with Crippen molar-refractivity contribution in [1.82, 2.24) is 10.5 Å². The van der Waals surface area contributed by atoms with Crippen LogP contribution in [0.4, 0.5) is 0 Å². The van der Waals surface area contributed by atoms with E-state index < -0.39 is 0 Å². The molecule has 0 fully saturated rings. The highest BCUT2D eigenvalue weighted by Crippen LogP contribution is 2.05. The molecule has 1 heterocycles. The van der Waals surface area contributed by atoms with Crippen molar-refractivity contribution in [1.29, 1.82) is 0 Å². The van der Waals surface area contributed by atoms with Crippen LogP contribution in [-0.4, -0.2) is 45.2 Å². The minimum atomic E-state index is 0.454. The van der Waals surface area contributed by atoms with Crippen LogP contribution in [0.1, 0.15) is 31.7 Å². The average Bonchev–Trinajstić information content (AvgIpc) is 2.89. The Hall–Kier alpha value is -0.950. The molecular weight excluding hydrogens is 272 g/mol. The molecule has 0 aliphatic heterocycles. The largest absolute Gasteiger partial charge is 0.382 e. The van der Waals surface area contributed by atoms with Crippen LogP contribution in [0.5, 0.6) is 0 Å². The molecule has 0 bridgehead atoms. The monoisotopic (exact) mass is 300 g/mol. The van der Waals surface area contributed by atoms with Crippen LogP contribution in [-0.2, 0) is 27.4 Å². The molecular formula is C15H28N2O4. The van der Waals surface area contributed by atoms with Gasteiger partial charge in [0.1, 0.15) is 6.61 Å². The number of rotatable bonds is 13. The topological polar surface area (TPSA) is 65.8 Å². The van der Waals surface area contributed by atoms with Gasteiger partial charge in [0.05, 0.1) is 18.9 Å². The molecule has 0 aliphatic carbocycles. The Morgan fingerprint density at radius 3 is 2.76 bits per heavy atom. The number of ether oxygens (including phenoxy) is 3. The van der Waals surface area contributed by atoms with E-state index in [0.717, 1.165) is 31.0 Å². The van der Waals surface area contributed by atoms with E-state index in [2.05, 4.69) is 24.3 Å². The van der Waals surface area contributed by atoms with Crippen LogP contribution in [0.2, 0.25) is 0 Å². The second-order valence-electron chi connectivity index (χ2n) is 5.32. The Kier molecular flexibility index (Phi) is 10.1. The molecule has 0 aliphatic rings. The lowest BCUT2D eigenvalue weighted by Gasteiger charge is -2.04. The lowest BCUT2D eigenvalue weighted by Crippen LogP contribution is -2.19. The summed E-state index contributed by atoms with van der Waals surface area (Å²) in [7, 11) is 1.66. The third-order valence-electron chi connectivity index (χ3n) is 2.72. The summed E-state index contributed by atoms with van der Waals surface area (Å²) in [6.07, 6.45) is 0.862. The molecule has 6 nitrogen and oxygen atoms in total. The Labute approximate surface area is 127 Å². The Balaban J connectivity index is 2.01.